The van der Waals surface area contributed by atoms with Crippen LogP contribution in [0, 0.1) is 11.8 Å². The molecule has 0 unspecified atom stereocenters. The van der Waals surface area contributed by atoms with Crippen LogP contribution in [0.4, 0.5) is 5.69 Å². The third-order valence-corrected chi connectivity index (χ3v) is 6.34. The van der Waals surface area contributed by atoms with Gasteiger partial charge in [0.05, 0.1) is 58.6 Å². The Morgan fingerprint density at radius 3 is 2.59 bits per heavy atom. The van der Waals surface area contributed by atoms with Crippen molar-refractivity contribution in [2.75, 3.05) is 33.2 Å². The smallest absolute Gasteiger partial charge is 0.231 e. The first kappa shape index (κ1) is 20.4. The van der Waals surface area contributed by atoms with E-state index >= 15 is 0 Å². The van der Waals surface area contributed by atoms with E-state index in [1.807, 2.05) is 18.2 Å². The number of nitrogens with one attached hydrogen (secondary N) is 1. The number of methoxy groups -OCH3 is 3. The monoisotopic (exact) mass is 440 g/mol. The first-order chi connectivity index (χ1) is 15.5. The van der Waals surface area contributed by atoms with Gasteiger partial charge in [0, 0.05) is 17.8 Å². The summed E-state index contributed by atoms with van der Waals surface area (Å²) in [6, 6.07) is 6.91. The van der Waals surface area contributed by atoms with E-state index in [0.717, 1.165) is 0 Å². The highest BCUT2D eigenvalue weighted by molar-refractivity contribution is 5.99. The van der Waals surface area contributed by atoms with Crippen molar-refractivity contribution in [2.45, 2.75) is 18.2 Å². The summed E-state index contributed by atoms with van der Waals surface area (Å²) >= 11 is 0. The SMILES string of the molecule is COc1cc(NC(=O)[C@@H]2[C@H]3C(=O)N(Cc4ccco4)C[C@@]34C=C[C@H]2O4)cc(OC)c1OC. The number of anilines is 1. The van der Waals surface area contributed by atoms with Crippen molar-refractivity contribution in [1.29, 1.82) is 0 Å². The third-order valence-electron chi connectivity index (χ3n) is 6.34. The Balaban J connectivity index is 1.39. The molecule has 2 saturated heterocycles. The van der Waals surface area contributed by atoms with E-state index in [1.165, 1.54) is 21.3 Å². The van der Waals surface area contributed by atoms with Gasteiger partial charge in [0.15, 0.2) is 11.5 Å². The Kier molecular flexibility index (Phi) is 4.85. The van der Waals surface area contributed by atoms with Gasteiger partial charge in [-0.3, -0.25) is 9.59 Å². The highest BCUT2D eigenvalue weighted by Crippen LogP contribution is 2.52. The van der Waals surface area contributed by atoms with Crippen LogP contribution < -0.4 is 19.5 Å². The molecule has 0 radical (unpaired) electrons. The lowest BCUT2D eigenvalue weighted by atomic mass is 9.77. The van der Waals surface area contributed by atoms with Crippen molar-refractivity contribution in [3.8, 4) is 17.2 Å². The molecule has 5 rings (SSSR count). The van der Waals surface area contributed by atoms with E-state index in [2.05, 4.69) is 5.32 Å². The van der Waals surface area contributed by atoms with Gasteiger partial charge >= 0.3 is 0 Å². The predicted octanol–water partition coefficient (Wildman–Crippen LogP) is 2.23. The number of carbonyl (C=O) groups is 2. The lowest BCUT2D eigenvalue weighted by Crippen LogP contribution is -2.41. The summed E-state index contributed by atoms with van der Waals surface area (Å²) < 4.78 is 27.6. The van der Waals surface area contributed by atoms with Crippen LogP contribution in [0.2, 0.25) is 0 Å². The first-order valence-electron chi connectivity index (χ1n) is 10.3. The number of benzene rings is 1. The zero-order chi connectivity index (χ0) is 22.5. The fourth-order valence-electron chi connectivity index (χ4n) is 4.98. The van der Waals surface area contributed by atoms with Crippen LogP contribution in [0.3, 0.4) is 0 Å². The number of likely N-dealkylation sites (tertiary alicyclic amines) is 1. The zero-order valence-electron chi connectivity index (χ0n) is 18.0. The Hall–Kier alpha value is -3.46. The van der Waals surface area contributed by atoms with Crippen LogP contribution in [0.25, 0.3) is 0 Å². The molecule has 3 aliphatic heterocycles. The second-order valence-electron chi connectivity index (χ2n) is 8.08. The van der Waals surface area contributed by atoms with Crippen molar-refractivity contribution in [3.63, 3.8) is 0 Å². The normalized spacial score (nSPS) is 27.5. The molecule has 9 nitrogen and oxygen atoms in total. The molecule has 1 aromatic heterocycles. The van der Waals surface area contributed by atoms with Crippen molar-refractivity contribution < 1.29 is 33.0 Å². The number of fused-ring (bicyclic) bond motifs is 1. The van der Waals surface area contributed by atoms with Gasteiger partial charge in [-0.05, 0) is 12.1 Å². The van der Waals surface area contributed by atoms with Crippen LogP contribution in [-0.2, 0) is 20.9 Å². The minimum Gasteiger partial charge on any atom is -0.493 e. The van der Waals surface area contributed by atoms with E-state index in [4.69, 9.17) is 23.4 Å². The predicted molar refractivity (Wildman–Crippen MR) is 113 cm³/mol. The summed E-state index contributed by atoms with van der Waals surface area (Å²) in [6.07, 6.45) is 4.92. The van der Waals surface area contributed by atoms with Gasteiger partial charge in [-0.1, -0.05) is 12.2 Å². The van der Waals surface area contributed by atoms with Crippen molar-refractivity contribution >= 4 is 17.5 Å². The fourth-order valence-corrected chi connectivity index (χ4v) is 4.98. The van der Waals surface area contributed by atoms with Gasteiger partial charge in [-0.2, -0.15) is 0 Å². The van der Waals surface area contributed by atoms with Gasteiger partial charge < -0.3 is 33.6 Å². The molecule has 1 aromatic carbocycles. The molecule has 0 aliphatic carbocycles. The average molecular weight is 440 g/mol. The standard InChI is InChI=1S/C23H24N2O7/c1-28-16-9-13(10-17(29-2)20(16)30-3)24-21(26)18-15-6-7-23(32-15)12-25(22(27)19(18)23)11-14-5-4-8-31-14/h4-10,15,18-19H,11-12H2,1-3H3,(H,24,26)/t15-,18+,19+,23+/m1/s1. The highest BCUT2D eigenvalue weighted by Gasteiger charge is 2.66. The van der Waals surface area contributed by atoms with E-state index in [1.54, 1.807) is 29.4 Å². The van der Waals surface area contributed by atoms with Crippen LogP contribution in [0.15, 0.2) is 47.1 Å². The van der Waals surface area contributed by atoms with Gasteiger partial charge in [-0.15, -0.1) is 0 Å². The summed E-state index contributed by atoms with van der Waals surface area (Å²) in [7, 11) is 4.52. The summed E-state index contributed by atoms with van der Waals surface area (Å²) in [5.74, 6) is 0.313. The van der Waals surface area contributed by atoms with Crippen LogP contribution in [0.5, 0.6) is 17.2 Å². The average Bonchev–Trinajstić information content (AvgIpc) is 3.56. The van der Waals surface area contributed by atoms with Gasteiger partial charge in [0.1, 0.15) is 11.4 Å². The van der Waals surface area contributed by atoms with Crippen LogP contribution in [0.1, 0.15) is 5.76 Å². The molecule has 2 amide bonds. The first-order valence-corrected chi connectivity index (χ1v) is 10.3. The number of furan rings is 1. The summed E-state index contributed by atoms with van der Waals surface area (Å²) in [4.78, 5) is 28.3. The fraction of sp³-hybridized carbons (Fsp3) is 0.391. The Morgan fingerprint density at radius 1 is 1.22 bits per heavy atom. The lowest BCUT2D eigenvalue weighted by Gasteiger charge is -2.23. The molecule has 1 N–H and O–H groups in total. The molecule has 4 atom stereocenters. The molecule has 168 valence electrons. The molecular formula is C23H24N2O7. The van der Waals surface area contributed by atoms with E-state index in [0.29, 0.717) is 41.8 Å². The molecule has 32 heavy (non-hydrogen) atoms. The molecule has 4 heterocycles. The number of ether oxygens (including phenoxy) is 4. The second-order valence-corrected chi connectivity index (χ2v) is 8.08. The number of carbonyl (C=O) groups excluding carboxylic acids is 2. The van der Waals surface area contributed by atoms with E-state index < -0.39 is 23.5 Å². The minimum atomic E-state index is -0.786. The lowest BCUT2D eigenvalue weighted by molar-refractivity contribution is -0.136. The van der Waals surface area contributed by atoms with Crippen molar-refractivity contribution in [3.05, 3.63) is 48.4 Å². The molecule has 2 bridgehead atoms. The Labute approximate surface area is 184 Å². The van der Waals surface area contributed by atoms with Crippen LogP contribution in [-0.4, -0.2) is 56.3 Å². The number of nitrogens with zero attached hydrogens (tertiary/aromatic N) is 1. The molecule has 1 spiro atoms. The van der Waals surface area contributed by atoms with E-state index in [9.17, 15) is 9.59 Å². The topological polar surface area (TPSA) is 99.5 Å². The van der Waals surface area contributed by atoms with Gasteiger partial charge in [-0.25, -0.2) is 0 Å². The quantitative estimate of drug-likeness (QED) is 0.659. The number of amides is 2. The zero-order valence-corrected chi connectivity index (χ0v) is 18.0. The van der Waals surface area contributed by atoms with Crippen molar-refractivity contribution in [1.82, 2.24) is 4.90 Å². The maximum absolute atomic E-state index is 13.3. The van der Waals surface area contributed by atoms with Crippen molar-refractivity contribution in [2.24, 2.45) is 11.8 Å². The number of hydrogen-bond donors (Lipinski definition) is 1. The highest BCUT2D eigenvalue weighted by atomic mass is 16.5. The van der Waals surface area contributed by atoms with Crippen LogP contribution >= 0.6 is 0 Å². The molecule has 2 aromatic rings. The summed E-state index contributed by atoms with van der Waals surface area (Å²) in [5, 5.41) is 2.90. The Morgan fingerprint density at radius 2 is 1.97 bits per heavy atom. The Bertz CT molecular complexity index is 1060. The number of rotatable bonds is 7. The molecule has 9 heteroatoms. The maximum atomic E-state index is 13.3. The summed E-state index contributed by atoms with van der Waals surface area (Å²) in [5.41, 5.74) is -0.311. The minimum absolute atomic E-state index is 0.113. The maximum Gasteiger partial charge on any atom is 0.231 e. The second kappa shape index (κ2) is 7.59. The molecule has 2 fully saturated rings. The van der Waals surface area contributed by atoms with Gasteiger partial charge in [0.2, 0.25) is 17.6 Å². The van der Waals surface area contributed by atoms with Gasteiger partial charge in [0.25, 0.3) is 0 Å². The van der Waals surface area contributed by atoms with E-state index in [-0.39, 0.29) is 11.8 Å². The molecule has 0 saturated carbocycles. The molecule has 3 aliphatic rings. The number of hydrogen-bond acceptors (Lipinski definition) is 7. The third kappa shape index (κ3) is 3.03. The summed E-state index contributed by atoms with van der Waals surface area (Å²) in [6.45, 7) is 0.728. The largest absolute Gasteiger partial charge is 0.493 e. The molecular weight excluding hydrogens is 416 g/mol.